The zero-order valence-electron chi connectivity index (χ0n) is 6.64. The average Bonchev–Trinajstić information content (AvgIpc) is 2.10. The quantitative estimate of drug-likeness (QED) is 0.566. The predicted octanol–water partition coefficient (Wildman–Crippen LogP) is 3.00. The second-order valence-corrected chi connectivity index (χ2v) is 3.31. The summed E-state index contributed by atoms with van der Waals surface area (Å²) in [6.07, 6.45) is 0.624. The summed E-state index contributed by atoms with van der Waals surface area (Å²) in [4.78, 5) is 10.5. The molecular formula is C9H7Cl2FO. The number of rotatable bonds is 3. The Morgan fingerprint density at radius 1 is 1.54 bits per heavy atom. The molecule has 4 heteroatoms. The van der Waals surface area contributed by atoms with Gasteiger partial charge in [0.25, 0.3) is 0 Å². The predicted molar refractivity (Wildman–Crippen MR) is 50.9 cm³/mol. The number of carbonyl (C=O) groups is 1. The number of benzene rings is 1. The fourth-order valence-electron chi connectivity index (χ4n) is 0.995. The van der Waals surface area contributed by atoms with E-state index in [1.807, 2.05) is 0 Å². The average molecular weight is 221 g/mol. The van der Waals surface area contributed by atoms with Gasteiger partial charge in [0, 0.05) is 10.9 Å². The van der Waals surface area contributed by atoms with Crippen molar-refractivity contribution in [2.75, 3.05) is 5.88 Å². The lowest BCUT2D eigenvalue weighted by atomic mass is 10.0. The molecule has 0 radical (unpaired) electrons. The monoisotopic (exact) mass is 220 g/mol. The summed E-state index contributed by atoms with van der Waals surface area (Å²) in [6, 6.07) is 4.17. The van der Waals surface area contributed by atoms with Gasteiger partial charge in [-0.15, -0.1) is 11.6 Å². The molecule has 1 unspecified atom stereocenters. The van der Waals surface area contributed by atoms with Gasteiger partial charge in [0.2, 0.25) is 0 Å². The summed E-state index contributed by atoms with van der Waals surface area (Å²) in [5.41, 5.74) is 0.286. The molecule has 1 nitrogen and oxygen atoms in total. The van der Waals surface area contributed by atoms with Crippen molar-refractivity contribution in [2.24, 2.45) is 0 Å². The highest BCUT2D eigenvalue weighted by atomic mass is 35.5. The van der Waals surface area contributed by atoms with Crippen LogP contribution in [-0.4, -0.2) is 12.2 Å². The van der Waals surface area contributed by atoms with E-state index in [0.717, 1.165) is 0 Å². The van der Waals surface area contributed by atoms with E-state index in [1.165, 1.54) is 18.2 Å². The largest absolute Gasteiger partial charge is 0.303 e. The molecule has 0 N–H and O–H groups in total. The van der Waals surface area contributed by atoms with Gasteiger partial charge in [-0.2, -0.15) is 0 Å². The van der Waals surface area contributed by atoms with E-state index in [9.17, 15) is 9.18 Å². The van der Waals surface area contributed by atoms with Crippen molar-refractivity contribution in [3.05, 3.63) is 34.6 Å². The Kier molecular flexibility index (Phi) is 3.70. The molecule has 0 saturated carbocycles. The molecule has 0 saturated heterocycles. The molecule has 0 spiro atoms. The van der Waals surface area contributed by atoms with Crippen molar-refractivity contribution in [3.63, 3.8) is 0 Å². The number of hydrogen-bond acceptors (Lipinski definition) is 1. The van der Waals surface area contributed by atoms with Crippen LogP contribution in [0.25, 0.3) is 0 Å². The van der Waals surface area contributed by atoms with Crippen LogP contribution in [0.2, 0.25) is 5.02 Å². The lowest BCUT2D eigenvalue weighted by Gasteiger charge is -2.07. The van der Waals surface area contributed by atoms with Crippen molar-refractivity contribution in [3.8, 4) is 0 Å². The summed E-state index contributed by atoms with van der Waals surface area (Å²) in [6.45, 7) is 0. The van der Waals surface area contributed by atoms with Crippen molar-refractivity contribution in [1.29, 1.82) is 0 Å². The van der Waals surface area contributed by atoms with Gasteiger partial charge >= 0.3 is 0 Å². The lowest BCUT2D eigenvalue weighted by molar-refractivity contribution is -0.108. The maximum absolute atomic E-state index is 13.2. The summed E-state index contributed by atoms with van der Waals surface area (Å²) in [7, 11) is 0. The molecule has 1 aromatic rings. The molecule has 0 aliphatic heterocycles. The fourth-order valence-corrected chi connectivity index (χ4v) is 1.39. The Morgan fingerprint density at radius 2 is 2.23 bits per heavy atom. The third-order valence-electron chi connectivity index (χ3n) is 1.69. The molecule has 0 aliphatic rings. The van der Waals surface area contributed by atoms with E-state index in [2.05, 4.69) is 0 Å². The van der Waals surface area contributed by atoms with Crippen molar-refractivity contribution < 1.29 is 9.18 Å². The molecule has 0 heterocycles. The van der Waals surface area contributed by atoms with E-state index in [4.69, 9.17) is 23.2 Å². The number of hydrogen-bond donors (Lipinski definition) is 0. The smallest absolute Gasteiger partial charge is 0.128 e. The molecule has 0 fully saturated rings. The zero-order chi connectivity index (χ0) is 9.84. The van der Waals surface area contributed by atoms with Gasteiger partial charge in [-0.1, -0.05) is 17.7 Å². The Morgan fingerprint density at radius 3 is 2.69 bits per heavy atom. The minimum Gasteiger partial charge on any atom is -0.303 e. The molecule has 0 aromatic heterocycles. The first-order valence-corrected chi connectivity index (χ1v) is 4.56. The van der Waals surface area contributed by atoms with E-state index >= 15 is 0 Å². The van der Waals surface area contributed by atoms with Gasteiger partial charge in [0.15, 0.2) is 0 Å². The topological polar surface area (TPSA) is 17.1 Å². The zero-order valence-corrected chi connectivity index (χ0v) is 8.15. The SMILES string of the molecule is O=CC(CCl)c1ccc(Cl)cc1F. The third kappa shape index (κ3) is 2.42. The highest BCUT2D eigenvalue weighted by Crippen LogP contribution is 2.21. The van der Waals surface area contributed by atoms with E-state index in [0.29, 0.717) is 11.3 Å². The van der Waals surface area contributed by atoms with Gasteiger partial charge in [0.1, 0.15) is 12.1 Å². The van der Waals surface area contributed by atoms with Gasteiger partial charge in [-0.05, 0) is 17.7 Å². The van der Waals surface area contributed by atoms with Gasteiger partial charge in [-0.25, -0.2) is 4.39 Å². The van der Waals surface area contributed by atoms with Crippen LogP contribution in [0.15, 0.2) is 18.2 Å². The highest BCUT2D eigenvalue weighted by molar-refractivity contribution is 6.30. The first-order valence-electron chi connectivity index (χ1n) is 3.65. The standard InChI is InChI=1S/C9H7Cl2FO/c10-4-6(5-13)8-2-1-7(11)3-9(8)12/h1-3,5-6H,4H2. The number of aldehydes is 1. The molecule has 0 bridgehead atoms. The molecule has 0 amide bonds. The first kappa shape index (κ1) is 10.5. The minimum absolute atomic E-state index is 0.0715. The highest BCUT2D eigenvalue weighted by Gasteiger charge is 2.13. The minimum atomic E-state index is -0.598. The van der Waals surface area contributed by atoms with Crippen LogP contribution in [0, 0.1) is 5.82 Å². The fraction of sp³-hybridized carbons (Fsp3) is 0.222. The molecular weight excluding hydrogens is 214 g/mol. The summed E-state index contributed by atoms with van der Waals surface area (Å²) >= 11 is 11.0. The molecule has 1 atom stereocenters. The Hall–Kier alpha value is -0.600. The Labute approximate surface area is 85.5 Å². The van der Waals surface area contributed by atoms with Crippen LogP contribution in [-0.2, 0) is 4.79 Å². The van der Waals surface area contributed by atoms with E-state index < -0.39 is 11.7 Å². The maximum atomic E-state index is 13.2. The molecule has 1 aromatic carbocycles. The van der Waals surface area contributed by atoms with Crippen molar-refractivity contribution in [1.82, 2.24) is 0 Å². The van der Waals surface area contributed by atoms with Crippen LogP contribution in [0.3, 0.4) is 0 Å². The molecule has 70 valence electrons. The summed E-state index contributed by atoms with van der Waals surface area (Å²) in [5, 5.41) is 0.306. The normalized spacial score (nSPS) is 12.5. The van der Waals surface area contributed by atoms with Crippen LogP contribution in [0.1, 0.15) is 11.5 Å². The first-order chi connectivity index (χ1) is 6.19. The Bertz CT molecular complexity index is 314. The van der Waals surface area contributed by atoms with Crippen LogP contribution in [0.4, 0.5) is 4.39 Å². The molecule has 13 heavy (non-hydrogen) atoms. The van der Waals surface area contributed by atoms with Gasteiger partial charge in [-0.3, -0.25) is 0 Å². The third-order valence-corrected chi connectivity index (χ3v) is 2.26. The number of carbonyl (C=O) groups excluding carboxylic acids is 1. The van der Waals surface area contributed by atoms with Gasteiger partial charge in [0.05, 0.1) is 5.92 Å². The summed E-state index contributed by atoms with van der Waals surface area (Å²) in [5.74, 6) is -1.02. The number of halogens is 3. The van der Waals surface area contributed by atoms with Crippen molar-refractivity contribution >= 4 is 29.5 Å². The van der Waals surface area contributed by atoms with Crippen molar-refractivity contribution in [2.45, 2.75) is 5.92 Å². The molecule has 0 aliphatic carbocycles. The van der Waals surface area contributed by atoms with E-state index in [-0.39, 0.29) is 11.4 Å². The second kappa shape index (κ2) is 4.58. The van der Waals surface area contributed by atoms with Crippen LogP contribution < -0.4 is 0 Å². The number of alkyl halides is 1. The lowest BCUT2D eigenvalue weighted by Crippen LogP contribution is -2.04. The maximum Gasteiger partial charge on any atom is 0.128 e. The second-order valence-electron chi connectivity index (χ2n) is 2.56. The van der Waals surface area contributed by atoms with E-state index in [1.54, 1.807) is 0 Å². The Balaban J connectivity index is 3.06. The van der Waals surface area contributed by atoms with Crippen LogP contribution >= 0.6 is 23.2 Å². The van der Waals surface area contributed by atoms with Gasteiger partial charge < -0.3 is 4.79 Å². The van der Waals surface area contributed by atoms with Crippen LogP contribution in [0.5, 0.6) is 0 Å². The molecule has 1 rings (SSSR count). The summed E-state index contributed by atoms with van der Waals surface area (Å²) < 4.78 is 13.2.